The minimum absolute atomic E-state index is 0.831. The first-order valence-electron chi connectivity index (χ1n) is 4.35. The van der Waals surface area contributed by atoms with Gasteiger partial charge in [-0.1, -0.05) is 0 Å². The summed E-state index contributed by atoms with van der Waals surface area (Å²) in [6.45, 7) is 5.32. The zero-order valence-electron chi connectivity index (χ0n) is 7.17. The van der Waals surface area contributed by atoms with Gasteiger partial charge in [0.25, 0.3) is 0 Å². The molecule has 1 aromatic heterocycles. The molecule has 1 heterocycles. The lowest BCUT2D eigenvalue weighted by atomic mass is 10.2. The molecule has 60 valence electrons. The van der Waals surface area contributed by atoms with E-state index in [1.54, 1.807) is 0 Å². The Morgan fingerprint density at radius 3 is 2.91 bits per heavy atom. The molecule has 0 aliphatic heterocycles. The molecule has 0 N–H and O–H groups in total. The third-order valence-electron chi connectivity index (χ3n) is 2.34. The van der Waals surface area contributed by atoms with E-state index in [9.17, 15) is 0 Å². The van der Waals surface area contributed by atoms with Crippen LogP contribution in [0.5, 0.6) is 0 Å². The van der Waals surface area contributed by atoms with Crippen LogP contribution >= 0.6 is 0 Å². The second-order valence-electron chi connectivity index (χ2n) is 3.30. The van der Waals surface area contributed by atoms with E-state index in [-0.39, 0.29) is 0 Å². The highest BCUT2D eigenvalue weighted by atomic mass is 15.3. The van der Waals surface area contributed by atoms with Gasteiger partial charge in [0.1, 0.15) is 0 Å². The molecule has 0 aromatic carbocycles. The number of aryl methyl sites for hydroxylation is 2. The van der Waals surface area contributed by atoms with Gasteiger partial charge in [0, 0.05) is 18.2 Å². The van der Waals surface area contributed by atoms with Crippen molar-refractivity contribution in [1.29, 1.82) is 0 Å². The van der Waals surface area contributed by atoms with Crippen LogP contribution in [0.3, 0.4) is 0 Å². The minimum Gasteiger partial charge on any atom is -0.269 e. The Morgan fingerprint density at radius 2 is 2.36 bits per heavy atom. The first-order chi connectivity index (χ1) is 5.33. The highest BCUT2D eigenvalue weighted by Gasteiger charge is 2.28. The van der Waals surface area contributed by atoms with Gasteiger partial charge < -0.3 is 0 Å². The Bertz CT molecular complexity index is 259. The van der Waals surface area contributed by atoms with Crippen molar-refractivity contribution in [2.45, 2.75) is 39.2 Å². The van der Waals surface area contributed by atoms with Gasteiger partial charge in [-0.05, 0) is 32.3 Å². The average Bonchev–Trinajstić information content (AvgIpc) is 2.76. The van der Waals surface area contributed by atoms with Crippen LogP contribution in [0.1, 0.15) is 36.9 Å². The summed E-state index contributed by atoms with van der Waals surface area (Å²) in [5.41, 5.74) is 2.85. The molecule has 1 fully saturated rings. The van der Waals surface area contributed by atoms with Crippen LogP contribution in [0.4, 0.5) is 0 Å². The van der Waals surface area contributed by atoms with Gasteiger partial charge in [-0.15, -0.1) is 0 Å². The predicted molar refractivity (Wildman–Crippen MR) is 44.6 cm³/mol. The first kappa shape index (κ1) is 6.89. The van der Waals surface area contributed by atoms with Crippen molar-refractivity contribution < 1.29 is 0 Å². The van der Waals surface area contributed by atoms with Crippen molar-refractivity contribution in [3.05, 3.63) is 17.5 Å². The normalized spacial score (nSPS) is 17.3. The monoisotopic (exact) mass is 150 g/mol. The fraction of sp³-hybridized carbons (Fsp3) is 0.667. The summed E-state index contributed by atoms with van der Waals surface area (Å²) in [7, 11) is 0. The number of nitrogens with zero attached hydrogens (tertiary/aromatic N) is 2. The second kappa shape index (κ2) is 2.36. The van der Waals surface area contributed by atoms with E-state index in [0.29, 0.717) is 0 Å². The highest BCUT2D eigenvalue weighted by Crippen LogP contribution is 2.41. The molecule has 1 saturated carbocycles. The van der Waals surface area contributed by atoms with Gasteiger partial charge in [0.05, 0.1) is 6.20 Å². The molecule has 0 unspecified atom stereocenters. The SMILES string of the molecule is CCn1ncc(C)c1C1CC1. The molecule has 0 saturated heterocycles. The van der Waals surface area contributed by atoms with E-state index in [1.165, 1.54) is 24.1 Å². The number of hydrogen-bond acceptors (Lipinski definition) is 1. The van der Waals surface area contributed by atoms with Crippen LogP contribution < -0.4 is 0 Å². The van der Waals surface area contributed by atoms with Crippen molar-refractivity contribution in [1.82, 2.24) is 9.78 Å². The lowest BCUT2D eigenvalue weighted by molar-refractivity contribution is 0.622. The van der Waals surface area contributed by atoms with Crippen LogP contribution in [0.2, 0.25) is 0 Å². The zero-order chi connectivity index (χ0) is 7.84. The third kappa shape index (κ3) is 1.06. The lowest BCUT2D eigenvalue weighted by Gasteiger charge is -2.02. The maximum Gasteiger partial charge on any atom is 0.0521 e. The standard InChI is InChI=1S/C9H14N2/c1-3-11-9(8-4-5-8)7(2)6-10-11/h6,8H,3-5H2,1-2H3. The summed E-state index contributed by atoms with van der Waals surface area (Å²) in [6, 6.07) is 0. The molecule has 1 aromatic rings. The summed E-state index contributed by atoms with van der Waals surface area (Å²) in [6.07, 6.45) is 4.72. The maximum atomic E-state index is 4.31. The minimum atomic E-state index is 0.831. The molecule has 2 nitrogen and oxygen atoms in total. The Hall–Kier alpha value is -0.790. The van der Waals surface area contributed by atoms with Crippen LogP contribution in [0, 0.1) is 6.92 Å². The molecule has 2 heteroatoms. The van der Waals surface area contributed by atoms with Gasteiger partial charge >= 0.3 is 0 Å². The molecule has 1 aliphatic carbocycles. The maximum absolute atomic E-state index is 4.31. The predicted octanol–water partition coefficient (Wildman–Crippen LogP) is 2.09. The summed E-state index contributed by atoms with van der Waals surface area (Å²) < 4.78 is 2.13. The molecular formula is C9H14N2. The van der Waals surface area contributed by atoms with E-state index in [2.05, 4.69) is 23.6 Å². The van der Waals surface area contributed by atoms with Crippen LogP contribution in [0.15, 0.2) is 6.20 Å². The average molecular weight is 150 g/mol. The van der Waals surface area contributed by atoms with Gasteiger partial charge in [0.15, 0.2) is 0 Å². The zero-order valence-corrected chi connectivity index (χ0v) is 7.17. The van der Waals surface area contributed by atoms with E-state index in [0.717, 1.165) is 12.5 Å². The molecular weight excluding hydrogens is 136 g/mol. The largest absolute Gasteiger partial charge is 0.269 e. The first-order valence-corrected chi connectivity index (χ1v) is 4.35. The Balaban J connectivity index is 2.38. The summed E-state index contributed by atoms with van der Waals surface area (Å²) in [5.74, 6) is 0.831. The molecule has 1 aliphatic rings. The van der Waals surface area contributed by atoms with Crippen molar-refractivity contribution in [2.75, 3.05) is 0 Å². The number of hydrogen-bond donors (Lipinski definition) is 0. The lowest BCUT2D eigenvalue weighted by Crippen LogP contribution is -2.01. The van der Waals surface area contributed by atoms with Crippen molar-refractivity contribution >= 4 is 0 Å². The molecule has 0 atom stereocenters. The van der Waals surface area contributed by atoms with Gasteiger partial charge in [-0.2, -0.15) is 5.10 Å². The van der Waals surface area contributed by atoms with E-state index in [1.807, 2.05) is 6.20 Å². The Labute approximate surface area is 67.2 Å². The van der Waals surface area contributed by atoms with Gasteiger partial charge in [0.2, 0.25) is 0 Å². The fourth-order valence-corrected chi connectivity index (χ4v) is 1.63. The van der Waals surface area contributed by atoms with Crippen molar-refractivity contribution in [3.63, 3.8) is 0 Å². The van der Waals surface area contributed by atoms with Gasteiger partial charge in [-0.3, -0.25) is 4.68 Å². The van der Waals surface area contributed by atoms with Crippen LogP contribution in [-0.4, -0.2) is 9.78 Å². The molecule has 2 rings (SSSR count). The molecule has 0 radical (unpaired) electrons. The molecule has 0 amide bonds. The topological polar surface area (TPSA) is 17.8 Å². The highest BCUT2D eigenvalue weighted by molar-refractivity contribution is 5.23. The number of aromatic nitrogens is 2. The second-order valence-corrected chi connectivity index (χ2v) is 3.30. The fourth-order valence-electron chi connectivity index (χ4n) is 1.63. The summed E-state index contributed by atoms with van der Waals surface area (Å²) >= 11 is 0. The Morgan fingerprint density at radius 1 is 1.64 bits per heavy atom. The smallest absolute Gasteiger partial charge is 0.0521 e. The van der Waals surface area contributed by atoms with Crippen LogP contribution in [-0.2, 0) is 6.54 Å². The summed E-state index contributed by atoms with van der Waals surface area (Å²) in [4.78, 5) is 0. The van der Waals surface area contributed by atoms with E-state index < -0.39 is 0 Å². The van der Waals surface area contributed by atoms with Crippen molar-refractivity contribution in [2.24, 2.45) is 0 Å². The molecule has 0 bridgehead atoms. The quantitative estimate of drug-likeness (QED) is 0.631. The Kier molecular flexibility index (Phi) is 1.48. The summed E-state index contributed by atoms with van der Waals surface area (Å²) in [5, 5.41) is 4.31. The van der Waals surface area contributed by atoms with E-state index in [4.69, 9.17) is 0 Å². The van der Waals surface area contributed by atoms with E-state index >= 15 is 0 Å². The molecule has 0 spiro atoms. The van der Waals surface area contributed by atoms with Gasteiger partial charge in [-0.25, -0.2) is 0 Å². The van der Waals surface area contributed by atoms with Crippen LogP contribution in [0.25, 0.3) is 0 Å². The van der Waals surface area contributed by atoms with Crippen molar-refractivity contribution in [3.8, 4) is 0 Å². The molecule has 11 heavy (non-hydrogen) atoms. The third-order valence-corrected chi connectivity index (χ3v) is 2.34. The number of rotatable bonds is 2.